The second-order valence-electron chi connectivity index (χ2n) is 3.98. The van der Waals surface area contributed by atoms with Gasteiger partial charge in [-0.2, -0.15) is 13.2 Å². The monoisotopic (exact) mass is 348 g/mol. The van der Waals surface area contributed by atoms with Gasteiger partial charge in [-0.1, -0.05) is 51.8 Å². The molecule has 0 bridgehead atoms. The Hall–Kier alpha value is -1.000. The third kappa shape index (κ3) is 3.12. The Kier molecular flexibility index (Phi) is 4.21. The topological polar surface area (TPSA) is 0 Å². The number of halogens is 5. The lowest BCUT2D eigenvalue weighted by Gasteiger charge is -2.15. The summed E-state index contributed by atoms with van der Waals surface area (Å²) in [5, 5.41) is 0.942. The average Bonchev–Trinajstić information content (AvgIpc) is 2.37. The van der Waals surface area contributed by atoms with Crippen LogP contribution in [0.15, 0.2) is 42.5 Å². The molecule has 5 heteroatoms. The van der Waals surface area contributed by atoms with E-state index in [9.17, 15) is 13.2 Å². The summed E-state index contributed by atoms with van der Waals surface area (Å²) >= 11 is 9.14. The van der Waals surface area contributed by atoms with Gasteiger partial charge in [0.1, 0.15) is 0 Å². The van der Waals surface area contributed by atoms with Gasteiger partial charge >= 0.3 is 6.18 Å². The molecular formula is C14H9BrClF3. The molecule has 0 heterocycles. The van der Waals surface area contributed by atoms with E-state index in [2.05, 4.69) is 15.9 Å². The predicted octanol–water partition coefficient (Wildman–Crippen LogP) is 5.92. The SMILES string of the molecule is FC(F)(F)c1ccccc1-c1ccc(Cl)cc1CBr. The lowest BCUT2D eigenvalue weighted by molar-refractivity contribution is -0.137. The van der Waals surface area contributed by atoms with Crippen LogP contribution in [0.3, 0.4) is 0 Å². The lowest BCUT2D eigenvalue weighted by Crippen LogP contribution is -2.07. The van der Waals surface area contributed by atoms with Crippen molar-refractivity contribution in [2.45, 2.75) is 11.5 Å². The highest BCUT2D eigenvalue weighted by Gasteiger charge is 2.33. The van der Waals surface area contributed by atoms with Crippen LogP contribution in [0.4, 0.5) is 13.2 Å². The van der Waals surface area contributed by atoms with Gasteiger partial charge in [0, 0.05) is 10.4 Å². The molecule has 0 nitrogen and oxygen atoms in total. The van der Waals surface area contributed by atoms with Gasteiger partial charge < -0.3 is 0 Å². The predicted molar refractivity (Wildman–Crippen MR) is 74.5 cm³/mol. The van der Waals surface area contributed by atoms with Crippen LogP contribution in [0.5, 0.6) is 0 Å². The van der Waals surface area contributed by atoms with Crippen LogP contribution in [0.2, 0.25) is 5.02 Å². The van der Waals surface area contributed by atoms with Gasteiger partial charge in [-0.15, -0.1) is 0 Å². The van der Waals surface area contributed by atoms with E-state index in [-0.39, 0.29) is 5.56 Å². The van der Waals surface area contributed by atoms with Crippen molar-refractivity contribution in [1.82, 2.24) is 0 Å². The van der Waals surface area contributed by atoms with Crippen molar-refractivity contribution in [1.29, 1.82) is 0 Å². The molecule has 19 heavy (non-hydrogen) atoms. The minimum atomic E-state index is -4.38. The molecule has 0 aromatic heterocycles. The highest BCUT2D eigenvalue weighted by molar-refractivity contribution is 9.08. The van der Waals surface area contributed by atoms with Crippen molar-refractivity contribution < 1.29 is 13.2 Å². The summed E-state index contributed by atoms with van der Waals surface area (Å²) in [7, 11) is 0. The zero-order valence-corrected chi connectivity index (χ0v) is 12.0. The molecule has 0 aliphatic heterocycles. The summed E-state index contributed by atoms with van der Waals surface area (Å²) in [6.07, 6.45) is -4.38. The first-order chi connectivity index (χ1) is 8.93. The number of rotatable bonds is 2. The van der Waals surface area contributed by atoms with E-state index in [1.807, 2.05) is 0 Å². The molecule has 0 saturated heterocycles. The van der Waals surface area contributed by atoms with Gasteiger partial charge in [-0.25, -0.2) is 0 Å². The molecule has 2 rings (SSSR count). The van der Waals surface area contributed by atoms with Gasteiger partial charge in [0.15, 0.2) is 0 Å². The molecule has 0 atom stereocenters. The summed E-state index contributed by atoms with van der Waals surface area (Å²) < 4.78 is 39.0. The van der Waals surface area contributed by atoms with E-state index in [4.69, 9.17) is 11.6 Å². The summed E-state index contributed by atoms with van der Waals surface area (Å²) in [6, 6.07) is 10.4. The molecule has 0 unspecified atom stereocenters. The summed E-state index contributed by atoms with van der Waals surface area (Å²) in [4.78, 5) is 0. The molecule has 0 radical (unpaired) electrons. The minimum absolute atomic E-state index is 0.168. The van der Waals surface area contributed by atoms with Crippen LogP contribution in [-0.2, 0) is 11.5 Å². The Bertz CT molecular complexity index is 593. The number of hydrogen-bond donors (Lipinski definition) is 0. The number of hydrogen-bond acceptors (Lipinski definition) is 0. The van der Waals surface area contributed by atoms with Gasteiger partial charge in [0.05, 0.1) is 5.56 Å². The first-order valence-electron chi connectivity index (χ1n) is 5.44. The van der Waals surface area contributed by atoms with E-state index < -0.39 is 11.7 Å². The third-order valence-corrected chi connectivity index (χ3v) is 3.57. The maximum atomic E-state index is 13.0. The van der Waals surface area contributed by atoms with Gasteiger partial charge in [-0.3, -0.25) is 0 Å². The average molecular weight is 350 g/mol. The minimum Gasteiger partial charge on any atom is -0.166 e. The fourth-order valence-corrected chi connectivity index (χ4v) is 2.56. The van der Waals surface area contributed by atoms with Crippen molar-refractivity contribution >= 4 is 27.5 Å². The van der Waals surface area contributed by atoms with Crippen LogP contribution in [0, 0.1) is 0 Å². The van der Waals surface area contributed by atoms with Gasteiger partial charge in [-0.05, 0) is 34.9 Å². The molecule has 0 N–H and O–H groups in total. The first kappa shape index (κ1) is 14.4. The zero-order valence-electron chi connectivity index (χ0n) is 9.64. The van der Waals surface area contributed by atoms with Crippen molar-refractivity contribution in [2.75, 3.05) is 0 Å². The molecule has 2 aromatic carbocycles. The molecule has 0 fully saturated rings. The fourth-order valence-electron chi connectivity index (χ4n) is 1.90. The smallest absolute Gasteiger partial charge is 0.166 e. The van der Waals surface area contributed by atoms with Gasteiger partial charge in [0.2, 0.25) is 0 Å². The van der Waals surface area contributed by atoms with E-state index >= 15 is 0 Å². The lowest BCUT2D eigenvalue weighted by atomic mass is 9.96. The second kappa shape index (κ2) is 5.55. The molecule has 0 saturated carbocycles. The summed E-state index contributed by atoms with van der Waals surface area (Å²) in [5.41, 5.74) is 0.791. The van der Waals surface area contributed by atoms with E-state index in [0.717, 1.165) is 11.6 Å². The highest BCUT2D eigenvalue weighted by Crippen LogP contribution is 2.38. The third-order valence-electron chi connectivity index (χ3n) is 2.73. The van der Waals surface area contributed by atoms with E-state index in [1.165, 1.54) is 12.1 Å². The van der Waals surface area contributed by atoms with Crippen molar-refractivity contribution in [2.24, 2.45) is 0 Å². The Balaban J connectivity index is 2.66. The van der Waals surface area contributed by atoms with Crippen LogP contribution in [0.1, 0.15) is 11.1 Å². The second-order valence-corrected chi connectivity index (χ2v) is 4.98. The number of alkyl halides is 4. The van der Waals surface area contributed by atoms with Crippen LogP contribution in [-0.4, -0.2) is 0 Å². The Morgan fingerprint density at radius 3 is 2.32 bits per heavy atom. The maximum absolute atomic E-state index is 13.0. The summed E-state index contributed by atoms with van der Waals surface area (Å²) in [5.74, 6) is 0. The van der Waals surface area contributed by atoms with Crippen molar-refractivity contribution in [3.63, 3.8) is 0 Å². The normalized spacial score (nSPS) is 11.6. The first-order valence-corrected chi connectivity index (χ1v) is 6.94. The van der Waals surface area contributed by atoms with Crippen LogP contribution in [0.25, 0.3) is 11.1 Å². The van der Waals surface area contributed by atoms with Crippen molar-refractivity contribution in [3.8, 4) is 11.1 Å². The Labute approximate surface area is 122 Å². The quantitative estimate of drug-likeness (QED) is 0.590. The maximum Gasteiger partial charge on any atom is 0.417 e. The molecule has 0 aliphatic rings. The van der Waals surface area contributed by atoms with Crippen molar-refractivity contribution in [3.05, 3.63) is 58.6 Å². The Morgan fingerprint density at radius 1 is 1.00 bits per heavy atom. The molecule has 0 aliphatic carbocycles. The Morgan fingerprint density at radius 2 is 1.68 bits per heavy atom. The zero-order chi connectivity index (χ0) is 14.0. The highest BCUT2D eigenvalue weighted by atomic mass is 79.9. The molecule has 0 spiro atoms. The van der Waals surface area contributed by atoms with Crippen LogP contribution >= 0.6 is 27.5 Å². The largest absolute Gasteiger partial charge is 0.417 e. The molecule has 100 valence electrons. The fraction of sp³-hybridized carbons (Fsp3) is 0.143. The van der Waals surface area contributed by atoms with E-state index in [1.54, 1.807) is 24.3 Å². The number of benzene rings is 2. The molecular weight excluding hydrogens is 341 g/mol. The van der Waals surface area contributed by atoms with E-state index in [0.29, 0.717) is 15.9 Å². The van der Waals surface area contributed by atoms with Crippen LogP contribution < -0.4 is 0 Å². The van der Waals surface area contributed by atoms with Gasteiger partial charge in [0.25, 0.3) is 0 Å². The summed E-state index contributed by atoms with van der Waals surface area (Å²) in [6.45, 7) is 0. The molecule has 0 amide bonds. The standard InChI is InChI=1S/C14H9BrClF3/c15-8-9-7-10(16)5-6-11(9)12-3-1-2-4-13(12)14(17,18)19/h1-7H,8H2. The molecule has 2 aromatic rings.